The van der Waals surface area contributed by atoms with E-state index in [4.69, 9.17) is 5.11 Å². The van der Waals surface area contributed by atoms with Gasteiger partial charge in [-0.1, -0.05) is 13.0 Å². The van der Waals surface area contributed by atoms with Crippen LogP contribution in [0.3, 0.4) is 0 Å². The number of likely N-dealkylation sites (N-methyl/N-ethyl adjacent to an activating group) is 1. The maximum Gasteiger partial charge on any atom is 0.326 e. The van der Waals surface area contributed by atoms with E-state index in [0.717, 1.165) is 5.56 Å². The van der Waals surface area contributed by atoms with E-state index in [1.54, 1.807) is 19.1 Å². The van der Waals surface area contributed by atoms with Gasteiger partial charge in [0.15, 0.2) is 0 Å². The summed E-state index contributed by atoms with van der Waals surface area (Å²) in [6.07, 6.45) is 0.425. The molecule has 0 spiro atoms. The average Bonchev–Trinajstić information content (AvgIpc) is 2.40. The van der Waals surface area contributed by atoms with Crippen LogP contribution in [0.2, 0.25) is 0 Å². The van der Waals surface area contributed by atoms with Gasteiger partial charge in [-0.25, -0.2) is 9.18 Å². The normalized spacial score (nSPS) is 13.7. The van der Waals surface area contributed by atoms with Crippen molar-refractivity contribution in [2.75, 3.05) is 7.05 Å². The van der Waals surface area contributed by atoms with Crippen LogP contribution in [-0.4, -0.2) is 35.0 Å². The molecule has 1 rings (SSSR count). The molecule has 0 bridgehead atoms. The fourth-order valence-corrected chi connectivity index (χ4v) is 2.24. The molecule has 0 heterocycles. The number of carboxylic acid groups (broad SMARTS) is 1. The summed E-state index contributed by atoms with van der Waals surface area (Å²) in [5.74, 6) is -2.03. The molecule has 4 nitrogen and oxygen atoms in total. The van der Waals surface area contributed by atoms with Gasteiger partial charge >= 0.3 is 5.97 Å². The van der Waals surface area contributed by atoms with Gasteiger partial charge in [0.05, 0.1) is 4.47 Å². The number of rotatable bonds is 5. The Morgan fingerprint density at radius 1 is 1.40 bits per heavy atom. The molecule has 2 atom stereocenters. The smallest absolute Gasteiger partial charge is 0.326 e. The van der Waals surface area contributed by atoms with Crippen LogP contribution in [0.15, 0.2) is 22.7 Å². The lowest BCUT2D eigenvalue weighted by Crippen LogP contribution is -2.43. The van der Waals surface area contributed by atoms with Gasteiger partial charge in [0.1, 0.15) is 11.9 Å². The van der Waals surface area contributed by atoms with Crippen LogP contribution in [0.4, 0.5) is 4.39 Å². The Hall–Kier alpha value is -1.43. The van der Waals surface area contributed by atoms with Crippen LogP contribution >= 0.6 is 15.9 Å². The largest absolute Gasteiger partial charge is 0.480 e. The van der Waals surface area contributed by atoms with E-state index in [-0.39, 0.29) is 17.6 Å². The van der Waals surface area contributed by atoms with Crippen LogP contribution in [0.5, 0.6) is 0 Å². The number of amides is 1. The molecule has 0 saturated heterocycles. The number of carboxylic acids is 1. The highest BCUT2D eigenvalue weighted by molar-refractivity contribution is 9.10. The van der Waals surface area contributed by atoms with E-state index in [2.05, 4.69) is 15.9 Å². The van der Waals surface area contributed by atoms with E-state index in [1.165, 1.54) is 24.9 Å². The summed E-state index contributed by atoms with van der Waals surface area (Å²) in [6.45, 7) is 3.19. The molecule has 0 aliphatic rings. The number of carbonyl (C=O) groups is 2. The average molecular weight is 346 g/mol. The van der Waals surface area contributed by atoms with Crippen LogP contribution in [-0.2, 0) is 16.0 Å². The lowest BCUT2D eigenvalue weighted by molar-refractivity contribution is -0.149. The third kappa shape index (κ3) is 4.03. The zero-order chi connectivity index (χ0) is 15.4. The van der Waals surface area contributed by atoms with Crippen LogP contribution in [0.25, 0.3) is 0 Å². The van der Waals surface area contributed by atoms with Crippen molar-refractivity contribution in [3.8, 4) is 0 Å². The lowest BCUT2D eigenvalue weighted by Gasteiger charge is -2.25. The standard InChI is InChI=1S/C14H17BrFNO3/c1-8(13(18)17(3)9(2)14(19)20)6-10-4-5-12(16)11(15)7-10/h4-5,7-9H,6H2,1-3H3,(H,19,20). The molecule has 0 radical (unpaired) electrons. The summed E-state index contributed by atoms with van der Waals surface area (Å²) in [5.41, 5.74) is 0.815. The Bertz CT molecular complexity index is 521. The molecule has 110 valence electrons. The van der Waals surface area contributed by atoms with Crippen molar-refractivity contribution in [3.63, 3.8) is 0 Å². The van der Waals surface area contributed by atoms with Crippen molar-refractivity contribution in [1.82, 2.24) is 4.90 Å². The molecular weight excluding hydrogens is 329 g/mol. The minimum Gasteiger partial charge on any atom is -0.480 e. The highest BCUT2D eigenvalue weighted by Crippen LogP contribution is 2.20. The van der Waals surface area contributed by atoms with E-state index in [0.29, 0.717) is 10.9 Å². The lowest BCUT2D eigenvalue weighted by atomic mass is 9.99. The maximum atomic E-state index is 13.1. The van der Waals surface area contributed by atoms with E-state index in [1.807, 2.05) is 0 Å². The molecular formula is C14H17BrFNO3. The molecule has 2 unspecified atom stereocenters. The predicted molar refractivity (Wildman–Crippen MR) is 76.8 cm³/mol. The number of nitrogens with zero attached hydrogens (tertiary/aromatic N) is 1. The molecule has 1 amide bonds. The number of benzene rings is 1. The third-order valence-electron chi connectivity index (χ3n) is 3.23. The highest BCUT2D eigenvalue weighted by Gasteiger charge is 2.25. The zero-order valence-electron chi connectivity index (χ0n) is 11.6. The number of aliphatic carboxylic acids is 1. The maximum absolute atomic E-state index is 13.1. The zero-order valence-corrected chi connectivity index (χ0v) is 13.1. The van der Waals surface area contributed by atoms with E-state index >= 15 is 0 Å². The molecule has 6 heteroatoms. The van der Waals surface area contributed by atoms with Gasteiger partial charge in [0.2, 0.25) is 5.91 Å². The fraction of sp³-hybridized carbons (Fsp3) is 0.429. The first kappa shape index (κ1) is 16.6. The SMILES string of the molecule is CC(Cc1ccc(F)c(Br)c1)C(=O)N(C)C(C)C(=O)O. The molecule has 20 heavy (non-hydrogen) atoms. The Labute approximate surface area is 125 Å². The highest BCUT2D eigenvalue weighted by atomic mass is 79.9. The van der Waals surface area contributed by atoms with Gasteiger partial charge in [0, 0.05) is 13.0 Å². The van der Waals surface area contributed by atoms with Crippen LogP contribution in [0, 0.1) is 11.7 Å². The summed E-state index contributed by atoms with van der Waals surface area (Å²) in [7, 11) is 1.47. The molecule has 0 fully saturated rings. The van der Waals surface area contributed by atoms with Gasteiger partial charge < -0.3 is 10.0 Å². The molecule has 1 aromatic carbocycles. The number of carbonyl (C=O) groups excluding carboxylic acids is 1. The van der Waals surface area contributed by atoms with Crippen molar-refractivity contribution in [3.05, 3.63) is 34.1 Å². The quantitative estimate of drug-likeness (QED) is 0.892. The number of hydrogen-bond acceptors (Lipinski definition) is 2. The third-order valence-corrected chi connectivity index (χ3v) is 3.84. The first-order chi connectivity index (χ1) is 9.23. The molecule has 0 aromatic heterocycles. The topological polar surface area (TPSA) is 57.6 Å². The van der Waals surface area contributed by atoms with Crippen molar-refractivity contribution in [2.45, 2.75) is 26.3 Å². The van der Waals surface area contributed by atoms with Crippen LogP contribution < -0.4 is 0 Å². The predicted octanol–water partition coefficient (Wildman–Crippen LogP) is 2.70. The fourth-order valence-electron chi connectivity index (χ4n) is 1.81. The molecule has 1 aromatic rings. The Morgan fingerprint density at radius 2 is 2.00 bits per heavy atom. The summed E-state index contributed by atoms with van der Waals surface area (Å²) in [4.78, 5) is 24.2. The first-order valence-electron chi connectivity index (χ1n) is 6.17. The second-order valence-electron chi connectivity index (χ2n) is 4.82. The molecule has 0 saturated carbocycles. The van der Waals surface area contributed by atoms with Gasteiger partial charge in [-0.3, -0.25) is 4.79 Å². The van der Waals surface area contributed by atoms with Gasteiger partial charge in [-0.15, -0.1) is 0 Å². The Balaban J connectivity index is 2.75. The van der Waals surface area contributed by atoms with E-state index < -0.39 is 12.0 Å². The summed E-state index contributed by atoms with van der Waals surface area (Å²) >= 11 is 3.10. The Kier molecular flexibility index (Phi) is 5.68. The monoisotopic (exact) mass is 345 g/mol. The van der Waals surface area contributed by atoms with Gasteiger partial charge in [-0.2, -0.15) is 0 Å². The minimum atomic E-state index is -1.04. The first-order valence-corrected chi connectivity index (χ1v) is 6.96. The van der Waals surface area contributed by atoms with E-state index in [9.17, 15) is 14.0 Å². The molecule has 0 aliphatic carbocycles. The Morgan fingerprint density at radius 3 is 2.50 bits per heavy atom. The molecule has 0 aliphatic heterocycles. The second kappa shape index (κ2) is 6.83. The second-order valence-corrected chi connectivity index (χ2v) is 5.67. The summed E-state index contributed by atoms with van der Waals surface area (Å²) in [6, 6.07) is 3.70. The molecule has 1 N–H and O–H groups in total. The van der Waals surface area contributed by atoms with Gasteiger partial charge in [0.25, 0.3) is 0 Å². The van der Waals surface area contributed by atoms with Crippen molar-refractivity contribution >= 4 is 27.8 Å². The van der Waals surface area contributed by atoms with Crippen LogP contribution in [0.1, 0.15) is 19.4 Å². The summed E-state index contributed by atoms with van der Waals surface area (Å²) in [5, 5.41) is 8.90. The number of hydrogen-bond donors (Lipinski definition) is 1. The summed E-state index contributed by atoms with van der Waals surface area (Å²) < 4.78 is 13.5. The van der Waals surface area contributed by atoms with Crippen molar-refractivity contribution in [1.29, 1.82) is 0 Å². The van der Waals surface area contributed by atoms with Crippen molar-refractivity contribution in [2.24, 2.45) is 5.92 Å². The van der Waals surface area contributed by atoms with Crippen molar-refractivity contribution < 1.29 is 19.1 Å². The minimum absolute atomic E-state index is 0.250. The van der Waals surface area contributed by atoms with Gasteiger partial charge in [-0.05, 0) is 47.0 Å². The number of halogens is 2.